The number of aryl methyl sites for hydroxylation is 1. The van der Waals surface area contributed by atoms with Gasteiger partial charge in [0.15, 0.2) is 0 Å². The molecule has 0 aromatic heterocycles. The van der Waals surface area contributed by atoms with Gasteiger partial charge in [0.1, 0.15) is 0 Å². The van der Waals surface area contributed by atoms with E-state index in [2.05, 4.69) is 41.0 Å². The van der Waals surface area contributed by atoms with Gasteiger partial charge >= 0.3 is 0 Å². The quantitative estimate of drug-likeness (QED) is 0.323. The Balaban J connectivity index is 1.56. The zero-order chi connectivity index (χ0) is 28.8. The molecule has 0 spiro atoms. The fourth-order valence-corrected chi connectivity index (χ4v) is 5.83. The van der Waals surface area contributed by atoms with E-state index >= 15 is 0 Å². The van der Waals surface area contributed by atoms with Crippen LogP contribution in [0.15, 0.2) is 72.8 Å². The predicted octanol–water partition coefficient (Wildman–Crippen LogP) is 6.41. The molecule has 3 aromatic rings. The third-order valence-electron chi connectivity index (χ3n) is 7.91. The van der Waals surface area contributed by atoms with Gasteiger partial charge in [-0.3, -0.25) is 14.5 Å². The molecule has 3 aromatic carbocycles. The lowest BCUT2D eigenvalue weighted by atomic mass is 9.99. The zero-order valence-corrected chi connectivity index (χ0v) is 24.6. The molecule has 1 saturated heterocycles. The molecule has 1 fully saturated rings. The van der Waals surface area contributed by atoms with E-state index in [1.165, 1.54) is 11.1 Å². The van der Waals surface area contributed by atoms with Crippen molar-refractivity contribution in [3.05, 3.63) is 95.1 Å². The predicted molar refractivity (Wildman–Crippen MR) is 164 cm³/mol. The van der Waals surface area contributed by atoms with Gasteiger partial charge in [-0.1, -0.05) is 37.3 Å². The van der Waals surface area contributed by atoms with Crippen LogP contribution in [0.4, 0.5) is 11.4 Å². The molecule has 0 atom stereocenters. The number of benzene rings is 3. The second kappa shape index (κ2) is 13.1. The van der Waals surface area contributed by atoms with Crippen LogP contribution in [0.5, 0.6) is 0 Å². The molecule has 4 rings (SSSR count). The van der Waals surface area contributed by atoms with Gasteiger partial charge in [0.25, 0.3) is 5.91 Å². The van der Waals surface area contributed by atoms with Crippen LogP contribution >= 0.6 is 0 Å². The van der Waals surface area contributed by atoms with Crippen molar-refractivity contribution in [3.63, 3.8) is 0 Å². The molecular formula is C34H44N4O2. The average molecular weight is 541 g/mol. The summed E-state index contributed by atoms with van der Waals surface area (Å²) in [5.41, 5.74) is 11.5. The lowest BCUT2D eigenvalue weighted by Gasteiger charge is -2.40. The highest BCUT2D eigenvalue weighted by molar-refractivity contribution is 5.95. The molecule has 0 aliphatic carbocycles. The van der Waals surface area contributed by atoms with Crippen LogP contribution in [-0.2, 0) is 13.0 Å². The number of piperidine rings is 1. The lowest BCUT2D eigenvalue weighted by molar-refractivity contribution is 0.0643. The highest BCUT2D eigenvalue weighted by atomic mass is 16.2. The number of anilines is 2. The van der Waals surface area contributed by atoms with Gasteiger partial charge in [-0.05, 0) is 101 Å². The van der Waals surface area contributed by atoms with E-state index in [0.717, 1.165) is 50.3 Å². The van der Waals surface area contributed by atoms with E-state index in [4.69, 9.17) is 5.73 Å². The minimum absolute atomic E-state index is 0.0408. The number of carbonyl (C=O) groups excluding carboxylic acids is 2. The number of nitrogens with zero attached hydrogens (tertiary/aromatic N) is 3. The number of nitrogens with two attached hydrogens (primary N) is 1. The summed E-state index contributed by atoms with van der Waals surface area (Å²) in [7, 11) is 0. The van der Waals surface area contributed by atoms with Gasteiger partial charge in [-0.15, -0.1) is 0 Å². The van der Waals surface area contributed by atoms with Crippen LogP contribution in [0, 0.1) is 0 Å². The Kier molecular flexibility index (Phi) is 9.64. The highest BCUT2D eigenvalue weighted by Gasteiger charge is 2.27. The van der Waals surface area contributed by atoms with Gasteiger partial charge in [0, 0.05) is 60.3 Å². The van der Waals surface area contributed by atoms with Crippen LogP contribution in [0.25, 0.3) is 0 Å². The molecule has 2 N–H and O–H groups in total. The van der Waals surface area contributed by atoms with Crippen molar-refractivity contribution in [2.45, 2.75) is 78.6 Å². The van der Waals surface area contributed by atoms with Crippen molar-refractivity contribution in [2.75, 3.05) is 18.0 Å². The topological polar surface area (TPSA) is 69.9 Å². The fourth-order valence-electron chi connectivity index (χ4n) is 5.83. The van der Waals surface area contributed by atoms with E-state index in [1.807, 2.05) is 75.1 Å². The monoisotopic (exact) mass is 540 g/mol. The summed E-state index contributed by atoms with van der Waals surface area (Å²) in [6, 6.07) is 24.9. The minimum atomic E-state index is -0.436. The van der Waals surface area contributed by atoms with Crippen LogP contribution in [0.1, 0.15) is 79.3 Å². The van der Waals surface area contributed by atoms with E-state index in [-0.39, 0.29) is 24.0 Å². The maximum Gasteiger partial charge on any atom is 0.254 e. The first-order valence-corrected chi connectivity index (χ1v) is 14.6. The molecule has 0 saturated carbocycles. The van der Waals surface area contributed by atoms with Gasteiger partial charge in [-0.25, -0.2) is 0 Å². The summed E-state index contributed by atoms with van der Waals surface area (Å²) >= 11 is 0. The van der Waals surface area contributed by atoms with Crippen LogP contribution < -0.4 is 10.6 Å². The largest absolute Gasteiger partial charge is 0.366 e. The summed E-state index contributed by atoms with van der Waals surface area (Å²) in [6.45, 7) is 13.3. The molecule has 40 heavy (non-hydrogen) atoms. The molecule has 6 heteroatoms. The summed E-state index contributed by atoms with van der Waals surface area (Å²) in [6.07, 6.45) is 3.04. The number of primary amides is 1. The molecule has 0 unspecified atom stereocenters. The molecular weight excluding hydrogens is 496 g/mol. The first kappa shape index (κ1) is 29.3. The van der Waals surface area contributed by atoms with E-state index in [0.29, 0.717) is 11.1 Å². The zero-order valence-electron chi connectivity index (χ0n) is 24.6. The number of hydrogen-bond donors (Lipinski definition) is 1. The number of amides is 2. The Labute approximate surface area is 239 Å². The molecule has 1 aliphatic heterocycles. The molecule has 6 nitrogen and oxygen atoms in total. The van der Waals surface area contributed by atoms with Crippen molar-refractivity contribution in [2.24, 2.45) is 5.73 Å². The Bertz CT molecular complexity index is 1270. The van der Waals surface area contributed by atoms with Crippen LogP contribution in [0.2, 0.25) is 0 Å². The lowest BCUT2D eigenvalue weighted by Crippen LogP contribution is -2.43. The Morgan fingerprint density at radius 3 is 1.98 bits per heavy atom. The van der Waals surface area contributed by atoms with Crippen molar-refractivity contribution in [3.8, 4) is 0 Å². The number of likely N-dealkylation sites (tertiary alicyclic amines) is 1. The van der Waals surface area contributed by atoms with Crippen molar-refractivity contribution >= 4 is 23.2 Å². The Morgan fingerprint density at radius 1 is 0.825 bits per heavy atom. The van der Waals surface area contributed by atoms with Crippen LogP contribution in [-0.4, -0.2) is 52.8 Å². The smallest absolute Gasteiger partial charge is 0.254 e. The Morgan fingerprint density at radius 2 is 1.43 bits per heavy atom. The molecule has 1 heterocycles. The summed E-state index contributed by atoms with van der Waals surface area (Å²) in [5.74, 6) is -0.395. The van der Waals surface area contributed by atoms with Crippen molar-refractivity contribution in [1.29, 1.82) is 0 Å². The molecule has 0 bridgehead atoms. The normalized spacial score (nSPS) is 14.5. The van der Waals surface area contributed by atoms with E-state index < -0.39 is 5.91 Å². The highest BCUT2D eigenvalue weighted by Crippen LogP contribution is 2.33. The summed E-state index contributed by atoms with van der Waals surface area (Å²) < 4.78 is 0. The first-order chi connectivity index (χ1) is 19.2. The first-order valence-electron chi connectivity index (χ1n) is 14.6. The van der Waals surface area contributed by atoms with Gasteiger partial charge in [-0.2, -0.15) is 0 Å². The fraction of sp³-hybridized carbons (Fsp3) is 0.412. The second-order valence-electron chi connectivity index (χ2n) is 11.4. The maximum absolute atomic E-state index is 13.3. The standard InChI is InChI=1S/C34H44N4O2/c1-6-26-10-12-27(13-11-26)23-36-20-18-31(19-21-36)38(32-9-7-8-29(22-32)33(35)39)30-16-14-28(15-17-30)34(40)37(24(2)3)25(4)5/h7-17,22,24-25,31H,6,18-21,23H2,1-5H3,(H2,35,39). The van der Waals surface area contributed by atoms with Crippen molar-refractivity contribution in [1.82, 2.24) is 9.80 Å². The summed E-state index contributed by atoms with van der Waals surface area (Å²) in [5, 5.41) is 0. The SMILES string of the molecule is CCc1ccc(CN2CCC(N(c3ccc(C(=O)N(C(C)C)C(C)C)cc3)c3cccc(C(N)=O)c3)CC2)cc1. The molecule has 1 aliphatic rings. The maximum atomic E-state index is 13.3. The third kappa shape index (κ3) is 6.92. The number of carbonyl (C=O) groups is 2. The van der Waals surface area contributed by atoms with E-state index in [9.17, 15) is 9.59 Å². The number of hydrogen-bond acceptors (Lipinski definition) is 4. The molecule has 0 radical (unpaired) electrons. The van der Waals surface area contributed by atoms with Gasteiger partial charge < -0.3 is 15.5 Å². The van der Waals surface area contributed by atoms with Crippen molar-refractivity contribution < 1.29 is 9.59 Å². The minimum Gasteiger partial charge on any atom is -0.366 e. The summed E-state index contributed by atoms with van der Waals surface area (Å²) in [4.78, 5) is 32.0. The molecule has 2 amide bonds. The van der Waals surface area contributed by atoms with E-state index in [1.54, 1.807) is 6.07 Å². The van der Waals surface area contributed by atoms with Gasteiger partial charge in [0.2, 0.25) is 5.91 Å². The van der Waals surface area contributed by atoms with Gasteiger partial charge in [0.05, 0.1) is 0 Å². The van der Waals surface area contributed by atoms with Crippen LogP contribution in [0.3, 0.4) is 0 Å². The average Bonchev–Trinajstić information content (AvgIpc) is 2.94. The number of rotatable bonds is 10. The second-order valence-corrected chi connectivity index (χ2v) is 11.4. The molecule has 212 valence electrons. The Hall–Kier alpha value is -3.64. The third-order valence-corrected chi connectivity index (χ3v) is 7.91.